The molecule has 4 unspecified atom stereocenters. The highest BCUT2D eigenvalue weighted by Gasteiger charge is 2.54. The molecule has 2 fully saturated rings. The molecule has 2 aliphatic carbocycles. The Labute approximate surface area is 175 Å². The van der Waals surface area contributed by atoms with E-state index in [1.807, 2.05) is 0 Å². The van der Waals surface area contributed by atoms with E-state index in [4.69, 9.17) is 9.47 Å². The highest BCUT2D eigenvalue weighted by molar-refractivity contribution is 5.68. The molecule has 0 aromatic heterocycles. The number of ether oxygens (including phenoxy) is 2. The van der Waals surface area contributed by atoms with E-state index in [9.17, 15) is 14.7 Å². The van der Waals surface area contributed by atoms with Gasteiger partial charge in [-0.3, -0.25) is 9.59 Å². The Morgan fingerprint density at radius 2 is 1.90 bits per heavy atom. The minimum atomic E-state index is -0.393. The molecule has 2 saturated carbocycles. The third-order valence-corrected chi connectivity index (χ3v) is 7.63. The van der Waals surface area contributed by atoms with Crippen molar-refractivity contribution < 1.29 is 24.2 Å². The number of carbonyl (C=O) groups excluding carboxylic acids is 2. The molecule has 0 heterocycles. The first-order valence-corrected chi connectivity index (χ1v) is 10.9. The molecule has 0 spiro atoms. The van der Waals surface area contributed by atoms with Crippen molar-refractivity contribution in [3.05, 3.63) is 23.5 Å². The van der Waals surface area contributed by atoms with Crippen molar-refractivity contribution in [1.29, 1.82) is 0 Å². The lowest BCUT2D eigenvalue weighted by molar-refractivity contribution is -0.140. The number of hydrogen-bond acceptors (Lipinski definition) is 5. The van der Waals surface area contributed by atoms with Crippen molar-refractivity contribution in [1.82, 2.24) is 0 Å². The molecule has 1 N–H and O–H groups in total. The Hall–Kier alpha value is -1.62. The van der Waals surface area contributed by atoms with Crippen LogP contribution in [0.25, 0.3) is 0 Å². The third-order valence-electron chi connectivity index (χ3n) is 7.63. The van der Waals surface area contributed by atoms with Crippen LogP contribution in [0.15, 0.2) is 23.5 Å². The van der Waals surface area contributed by atoms with Gasteiger partial charge in [-0.05, 0) is 61.2 Å². The maximum absolute atomic E-state index is 11.9. The summed E-state index contributed by atoms with van der Waals surface area (Å²) < 4.78 is 10.9. The van der Waals surface area contributed by atoms with Crippen LogP contribution in [0.3, 0.4) is 0 Å². The zero-order valence-electron chi connectivity index (χ0n) is 18.8. The molecule has 2 aliphatic rings. The Balaban J connectivity index is 2.45. The maximum atomic E-state index is 11.9. The van der Waals surface area contributed by atoms with Crippen molar-refractivity contribution in [3.8, 4) is 0 Å². The van der Waals surface area contributed by atoms with E-state index in [0.717, 1.165) is 32.1 Å². The summed E-state index contributed by atoms with van der Waals surface area (Å²) in [6, 6.07) is 0. The fourth-order valence-corrected chi connectivity index (χ4v) is 5.63. The smallest absolute Gasteiger partial charge is 0.307 e. The van der Waals surface area contributed by atoms with E-state index < -0.39 is 5.97 Å². The first-order chi connectivity index (χ1) is 13.5. The van der Waals surface area contributed by atoms with E-state index in [2.05, 4.69) is 27.4 Å². The Bertz CT molecular complexity index is 679. The average Bonchev–Trinajstić information content (AvgIpc) is 2.63. The predicted octanol–water partition coefficient (Wildman–Crippen LogP) is 4.94. The summed E-state index contributed by atoms with van der Waals surface area (Å²) in [6.07, 6.45) is 6.54. The number of allylic oxidation sites excluding steroid dienone is 2. The van der Waals surface area contributed by atoms with Gasteiger partial charge in [0.1, 0.15) is 12.4 Å². The van der Waals surface area contributed by atoms with E-state index in [1.165, 1.54) is 19.4 Å². The third kappa shape index (κ3) is 5.11. The Kier molecular flexibility index (Phi) is 7.72. The van der Waals surface area contributed by atoms with Crippen molar-refractivity contribution in [3.63, 3.8) is 0 Å². The summed E-state index contributed by atoms with van der Waals surface area (Å²) in [6.45, 7) is 14.1. The van der Waals surface area contributed by atoms with Gasteiger partial charge in [-0.15, -0.1) is 0 Å². The van der Waals surface area contributed by atoms with E-state index in [0.29, 0.717) is 36.0 Å². The number of hydrogen-bond donors (Lipinski definition) is 1. The maximum Gasteiger partial charge on any atom is 0.307 e. The van der Waals surface area contributed by atoms with Crippen LogP contribution in [0.1, 0.15) is 79.6 Å². The first kappa shape index (κ1) is 23.7. The molecule has 0 aromatic rings. The largest absolute Gasteiger partial charge is 0.461 e. The standard InChI is InChI=1S/C24H38O5/c1-16-8-7-9-22-23(16,5)12-10-17(2)24(22,6)14-21(29-19(4)27)20(11-13-25)15-28-18(3)26/h17,22,25H,1,7-15H2,2-6H3/b21-20-. The second kappa shape index (κ2) is 9.46. The van der Waals surface area contributed by atoms with Gasteiger partial charge in [0, 0.05) is 32.4 Å². The zero-order valence-corrected chi connectivity index (χ0v) is 18.8. The fraction of sp³-hybridized carbons (Fsp3) is 0.750. The monoisotopic (exact) mass is 406 g/mol. The van der Waals surface area contributed by atoms with Gasteiger partial charge >= 0.3 is 11.9 Å². The van der Waals surface area contributed by atoms with Gasteiger partial charge in [0.15, 0.2) is 0 Å². The number of esters is 2. The minimum absolute atomic E-state index is 0.0393. The molecule has 29 heavy (non-hydrogen) atoms. The normalized spacial score (nSPS) is 32.8. The Morgan fingerprint density at radius 1 is 1.21 bits per heavy atom. The summed E-state index contributed by atoms with van der Waals surface area (Å²) in [5, 5.41) is 9.54. The Morgan fingerprint density at radius 3 is 2.48 bits per heavy atom. The molecule has 0 aliphatic heterocycles. The molecule has 5 heteroatoms. The van der Waals surface area contributed by atoms with E-state index >= 15 is 0 Å². The average molecular weight is 407 g/mol. The predicted molar refractivity (Wildman–Crippen MR) is 113 cm³/mol. The van der Waals surface area contributed by atoms with Crippen molar-refractivity contribution in [2.75, 3.05) is 13.2 Å². The van der Waals surface area contributed by atoms with Gasteiger partial charge in [0.2, 0.25) is 0 Å². The van der Waals surface area contributed by atoms with Crippen molar-refractivity contribution in [2.24, 2.45) is 22.7 Å². The van der Waals surface area contributed by atoms with Gasteiger partial charge in [-0.2, -0.15) is 0 Å². The molecule has 0 saturated heterocycles. The molecule has 0 radical (unpaired) electrons. The molecule has 4 atom stereocenters. The van der Waals surface area contributed by atoms with Crippen LogP contribution in [-0.2, 0) is 19.1 Å². The molecule has 0 amide bonds. The summed E-state index contributed by atoms with van der Waals surface area (Å²) >= 11 is 0. The minimum Gasteiger partial charge on any atom is -0.461 e. The highest BCUT2D eigenvalue weighted by atomic mass is 16.5. The lowest BCUT2D eigenvalue weighted by atomic mass is 9.46. The number of rotatable bonds is 7. The van der Waals surface area contributed by atoms with Gasteiger partial charge in [-0.25, -0.2) is 0 Å². The van der Waals surface area contributed by atoms with Crippen molar-refractivity contribution in [2.45, 2.75) is 79.6 Å². The molecule has 164 valence electrons. The lowest BCUT2D eigenvalue weighted by Gasteiger charge is -2.58. The zero-order chi connectivity index (χ0) is 21.8. The van der Waals surface area contributed by atoms with Crippen LogP contribution in [0, 0.1) is 22.7 Å². The fourth-order valence-electron chi connectivity index (χ4n) is 5.63. The van der Waals surface area contributed by atoms with E-state index in [1.54, 1.807) is 0 Å². The molecule has 0 bridgehead atoms. The first-order valence-electron chi connectivity index (χ1n) is 10.9. The summed E-state index contributed by atoms with van der Waals surface area (Å²) in [5.74, 6) is 0.690. The molecular formula is C24H38O5. The van der Waals surface area contributed by atoms with Gasteiger partial charge in [0.25, 0.3) is 0 Å². The topological polar surface area (TPSA) is 72.8 Å². The molecule has 0 aromatic carbocycles. The van der Waals surface area contributed by atoms with Crippen LogP contribution in [0.4, 0.5) is 0 Å². The van der Waals surface area contributed by atoms with Gasteiger partial charge < -0.3 is 14.6 Å². The van der Waals surface area contributed by atoms with E-state index in [-0.39, 0.29) is 30.0 Å². The summed E-state index contributed by atoms with van der Waals surface area (Å²) in [4.78, 5) is 23.2. The second-order valence-corrected chi connectivity index (χ2v) is 9.46. The highest BCUT2D eigenvalue weighted by Crippen LogP contribution is 2.63. The van der Waals surface area contributed by atoms with Crippen LogP contribution < -0.4 is 0 Å². The second-order valence-electron chi connectivity index (χ2n) is 9.46. The quantitative estimate of drug-likeness (QED) is 0.368. The van der Waals surface area contributed by atoms with Crippen LogP contribution in [-0.4, -0.2) is 30.3 Å². The van der Waals surface area contributed by atoms with Crippen molar-refractivity contribution >= 4 is 11.9 Å². The number of aliphatic hydroxyl groups excluding tert-OH is 1. The molecule has 2 rings (SSSR count). The number of aliphatic hydroxyl groups is 1. The number of fused-ring (bicyclic) bond motifs is 1. The molecule has 5 nitrogen and oxygen atoms in total. The molecular weight excluding hydrogens is 368 g/mol. The van der Waals surface area contributed by atoms with Crippen LogP contribution in [0.2, 0.25) is 0 Å². The van der Waals surface area contributed by atoms with Crippen LogP contribution >= 0.6 is 0 Å². The summed E-state index contributed by atoms with van der Waals surface area (Å²) in [5.41, 5.74) is 2.07. The SMILES string of the molecule is C=C1CCCC2C1(C)CCC(C)C2(C)C/C(OC(C)=O)=C(\CCO)COC(C)=O. The number of carbonyl (C=O) groups is 2. The van der Waals surface area contributed by atoms with Gasteiger partial charge in [0.05, 0.1) is 0 Å². The van der Waals surface area contributed by atoms with Crippen LogP contribution in [0.5, 0.6) is 0 Å². The summed E-state index contributed by atoms with van der Waals surface area (Å²) in [7, 11) is 0. The lowest BCUT2D eigenvalue weighted by Crippen LogP contribution is -2.50. The van der Waals surface area contributed by atoms with Gasteiger partial charge in [-0.1, -0.05) is 32.9 Å².